The Hall–Kier alpha value is -2.37. The standard InChI is InChI=1S/C17H16BrN5O3S2/c18-12-5-1-2-6-13(12)21-14(24)9-19-15(25)10-27-17-23-22-16(28-17)20-8-11-4-3-7-26-11/h1-7H,8-10H2,(H,19,25)(H,20,22)(H,21,24). The highest BCUT2D eigenvalue weighted by Gasteiger charge is 2.10. The molecule has 3 aromatic rings. The topological polar surface area (TPSA) is 109 Å². The first kappa shape index (κ1) is 20.4. The quantitative estimate of drug-likeness (QED) is 0.402. The Morgan fingerprint density at radius 2 is 2.00 bits per heavy atom. The molecule has 0 spiro atoms. The smallest absolute Gasteiger partial charge is 0.243 e. The molecular formula is C17H16BrN5O3S2. The first-order valence-electron chi connectivity index (χ1n) is 8.14. The van der Waals surface area contributed by atoms with E-state index in [1.54, 1.807) is 12.3 Å². The predicted octanol–water partition coefficient (Wildman–Crippen LogP) is 3.35. The van der Waals surface area contributed by atoms with Gasteiger partial charge in [0.25, 0.3) is 0 Å². The molecule has 0 radical (unpaired) electrons. The van der Waals surface area contributed by atoms with E-state index >= 15 is 0 Å². The van der Waals surface area contributed by atoms with Gasteiger partial charge in [-0.3, -0.25) is 9.59 Å². The number of nitrogens with zero attached hydrogens (tertiary/aromatic N) is 2. The second-order valence-electron chi connectivity index (χ2n) is 5.40. The van der Waals surface area contributed by atoms with E-state index in [4.69, 9.17) is 4.42 Å². The van der Waals surface area contributed by atoms with Crippen LogP contribution in [0.25, 0.3) is 0 Å². The Kier molecular flexibility index (Phi) is 7.46. The highest BCUT2D eigenvalue weighted by Crippen LogP contribution is 2.25. The molecule has 1 aromatic carbocycles. The number of amides is 2. The lowest BCUT2D eigenvalue weighted by Crippen LogP contribution is -2.33. The Balaban J connectivity index is 1.36. The number of para-hydroxylation sites is 1. The van der Waals surface area contributed by atoms with Crippen LogP contribution in [-0.2, 0) is 16.1 Å². The van der Waals surface area contributed by atoms with Gasteiger partial charge in [-0.2, -0.15) is 0 Å². The van der Waals surface area contributed by atoms with Gasteiger partial charge in [-0.15, -0.1) is 10.2 Å². The Bertz CT molecular complexity index is 933. The molecule has 3 rings (SSSR count). The molecule has 3 N–H and O–H groups in total. The van der Waals surface area contributed by atoms with Crippen LogP contribution in [0.1, 0.15) is 5.76 Å². The second kappa shape index (κ2) is 10.2. The molecule has 0 fully saturated rings. The maximum absolute atomic E-state index is 11.9. The average Bonchev–Trinajstić information content (AvgIpc) is 3.36. The van der Waals surface area contributed by atoms with Crippen LogP contribution in [0.5, 0.6) is 0 Å². The van der Waals surface area contributed by atoms with E-state index < -0.39 is 0 Å². The number of nitrogens with one attached hydrogen (secondary N) is 3. The number of hydrogen-bond donors (Lipinski definition) is 3. The van der Waals surface area contributed by atoms with Gasteiger partial charge in [0, 0.05) is 4.47 Å². The monoisotopic (exact) mass is 481 g/mol. The van der Waals surface area contributed by atoms with Gasteiger partial charge in [0.2, 0.25) is 16.9 Å². The zero-order valence-electron chi connectivity index (χ0n) is 14.5. The number of aromatic nitrogens is 2. The molecular weight excluding hydrogens is 466 g/mol. The molecule has 2 amide bonds. The van der Waals surface area contributed by atoms with Crippen molar-refractivity contribution < 1.29 is 14.0 Å². The average molecular weight is 482 g/mol. The summed E-state index contributed by atoms with van der Waals surface area (Å²) in [7, 11) is 0. The summed E-state index contributed by atoms with van der Waals surface area (Å²) in [5.74, 6) is 0.387. The third-order valence-corrected chi connectivity index (χ3v) is 6.03. The summed E-state index contributed by atoms with van der Waals surface area (Å²) in [6.07, 6.45) is 1.61. The lowest BCUT2D eigenvalue weighted by atomic mass is 10.3. The van der Waals surface area contributed by atoms with Crippen LogP contribution in [0.15, 0.2) is 55.9 Å². The highest BCUT2D eigenvalue weighted by molar-refractivity contribution is 9.10. The van der Waals surface area contributed by atoms with Crippen molar-refractivity contribution >= 4 is 61.7 Å². The second-order valence-corrected chi connectivity index (χ2v) is 8.45. The van der Waals surface area contributed by atoms with Crippen LogP contribution in [0.3, 0.4) is 0 Å². The summed E-state index contributed by atoms with van der Waals surface area (Å²) in [5.41, 5.74) is 0.652. The van der Waals surface area contributed by atoms with Gasteiger partial charge in [-0.1, -0.05) is 35.2 Å². The number of thioether (sulfide) groups is 1. The number of anilines is 2. The first-order valence-corrected chi connectivity index (χ1v) is 10.7. The van der Waals surface area contributed by atoms with Crippen molar-refractivity contribution in [2.24, 2.45) is 0 Å². The van der Waals surface area contributed by atoms with E-state index in [-0.39, 0.29) is 24.1 Å². The Morgan fingerprint density at radius 3 is 2.79 bits per heavy atom. The number of carbonyl (C=O) groups is 2. The maximum atomic E-state index is 11.9. The van der Waals surface area contributed by atoms with Gasteiger partial charge in [0.15, 0.2) is 4.34 Å². The molecule has 0 saturated carbocycles. The molecule has 0 unspecified atom stereocenters. The normalized spacial score (nSPS) is 10.5. The SMILES string of the molecule is O=C(CSc1nnc(NCc2ccco2)s1)NCC(=O)Nc1ccccc1Br. The molecule has 0 bridgehead atoms. The maximum Gasteiger partial charge on any atom is 0.243 e. The molecule has 28 heavy (non-hydrogen) atoms. The van der Waals surface area contributed by atoms with Crippen molar-refractivity contribution in [3.63, 3.8) is 0 Å². The Morgan fingerprint density at radius 1 is 1.14 bits per heavy atom. The molecule has 0 aliphatic carbocycles. The fraction of sp³-hybridized carbons (Fsp3) is 0.176. The summed E-state index contributed by atoms with van der Waals surface area (Å²) in [6, 6.07) is 10.9. The molecule has 2 aromatic heterocycles. The van der Waals surface area contributed by atoms with Gasteiger partial charge in [-0.25, -0.2) is 0 Å². The van der Waals surface area contributed by atoms with Crippen molar-refractivity contribution in [1.82, 2.24) is 15.5 Å². The summed E-state index contributed by atoms with van der Waals surface area (Å²) in [6.45, 7) is 0.409. The van der Waals surface area contributed by atoms with Crippen LogP contribution < -0.4 is 16.0 Å². The van der Waals surface area contributed by atoms with Crippen molar-refractivity contribution in [3.05, 3.63) is 52.9 Å². The van der Waals surface area contributed by atoms with E-state index in [0.717, 1.165) is 10.2 Å². The fourth-order valence-electron chi connectivity index (χ4n) is 2.03. The molecule has 8 nitrogen and oxygen atoms in total. The minimum absolute atomic E-state index is 0.104. The predicted molar refractivity (Wildman–Crippen MR) is 112 cm³/mol. The zero-order valence-corrected chi connectivity index (χ0v) is 17.7. The van der Waals surface area contributed by atoms with E-state index in [1.807, 2.05) is 30.3 Å². The molecule has 146 valence electrons. The molecule has 2 heterocycles. The number of benzene rings is 1. The van der Waals surface area contributed by atoms with E-state index in [0.29, 0.717) is 21.7 Å². The molecule has 0 aliphatic rings. The first-order chi connectivity index (χ1) is 13.6. The minimum Gasteiger partial charge on any atom is -0.467 e. The molecule has 0 saturated heterocycles. The third kappa shape index (κ3) is 6.36. The fourth-order valence-corrected chi connectivity index (χ4v) is 3.99. The van der Waals surface area contributed by atoms with E-state index in [2.05, 4.69) is 42.1 Å². The number of hydrogen-bond acceptors (Lipinski definition) is 8. The zero-order chi connectivity index (χ0) is 19.8. The van der Waals surface area contributed by atoms with Crippen LogP contribution in [0, 0.1) is 0 Å². The largest absolute Gasteiger partial charge is 0.467 e. The van der Waals surface area contributed by atoms with Crippen molar-refractivity contribution in [1.29, 1.82) is 0 Å². The van der Waals surface area contributed by atoms with Gasteiger partial charge in [0.1, 0.15) is 5.76 Å². The highest BCUT2D eigenvalue weighted by atomic mass is 79.9. The summed E-state index contributed by atoms with van der Waals surface area (Å²) >= 11 is 5.96. The van der Waals surface area contributed by atoms with Gasteiger partial charge in [0.05, 0.1) is 30.8 Å². The summed E-state index contributed by atoms with van der Waals surface area (Å²) in [5, 5.41) is 17.1. The van der Waals surface area contributed by atoms with Crippen LogP contribution in [-0.4, -0.2) is 34.3 Å². The summed E-state index contributed by atoms with van der Waals surface area (Å²) in [4.78, 5) is 23.9. The summed E-state index contributed by atoms with van der Waals surface area (Å²) < 4.78 is 6.67. The van der Waals surface area contributed by atoms with E-state index in [1.165, 1.54) is 23.1 Å². The Labute approximate surface area is 177 Å². The third-order valence-electron chi connectivity index (χ3n) is 3.32. The number of rotatable bonds is 9. The van der Waals surface area contributed by atoms with Crippen LogP contribution in [0.2, 0.25) is 0 Å². The van der Waals surface area contributed by atoms with Crippen LogP contribution >= 0.6 is 39.0 Å². The van der Waals surface area contributed by atoms with Gasteiger partial charge >= 0.3 is 0 Å². The van der Waals surface area contributed by atoms with Gasteiger partial charge in [-0.05, 0) is 40.2 Å². The lowest BCUT2D eigenvalue weighted by Gasteiger charge is -2.08. The van der Waals surface area contributed by atoms with E-state index in [9.17, 15) is 9.59 Å². The lowest BCUT2D eigenvalue weighted by molar-refractivity contribution is -0.122. The van der Waals surface area contributed by atoms with Gasteiger partial charge < -0.3 is 20.4 Å². The van der Waals surface area contributed by atoms with Crippen molar-refractivity contribution in [2.75, 3.05) is 22.9 Å². The number of furan rings is 1. The molecule has 0 aliphatic heterocycles. The van der Waals surface area contributed by atoms with Crippen LogP contribution in [0.4, 0.5) is 10.8 Å². The molecule has 0 atom stereocenters. The molecule has 11 heteroatoms. The van der Waals surface area contributed by atoms with Crippen molar-refractivity contribution in [2.45, 2.75) is 10.9 Å². The number of halogens is 1. The minimum atomic E-state index is -0.300. The van der Waals surface area contributed by atoms with Crippen molar-refractivity contribution in [3.8, 4) is 0 Å². The number of carbonyl (C=O) groups excluding carboxylic acids is 2.